The van der Waals surface area contributed by atoms with E-state index in [0.717, 1.165) is 19.1 Å². The van der Waals surface area contributed by atoms with Gasteiger partial charge in [-0.2, -0.15) is 0 Å². The van der Waals surface area contributed by atoms with Crippen molar-refractivity contribution in [2.75, 3.05) is 6.61 Å². The molecular formula is C15H28O2. The molecule has 0 N–H and O–H groups in total. The van der Waals surface area contributed by atoms with E-state index in [-0.39, 0.29) is 12.2 Å². The average Bonchev–Trinajstić information content (AvgIpc) is 2.19. The topological polar surface area (TPSA) is 26.3 Å². The summed E-state index contributed by atoms with van der Waals surface area (Å²) in [6, 6.07) is 0. The van der Waals surface area contributed by atoms with Gasteiger partial charge in [0.05, 0.1) is 5.60 Å². The number of hydrogen-bond acceptors (Lipinski definition) is 2. The lowest BCUT2D eigenvalue weighted by Gasteiger charge is -2.43. The molecule has 0 aromatic heterocycles. The second-order valence-corrected chi connectivity index (χ2v) is 7.43. The summed E-state index contributed by atoms with van der Waals surface area (Å²) < 4.78 is 5.77. The Hall–Kier alpha value is -0.370. The fraction of sp³-hybridized carbons (Fsp3) is 0.933. The highest BCUT2D eigenvalue weighted by Gasteiger charge is 2.37. The molecule has 0 bridgehead atoms. The van der Waals surface area contributed by atoms with Gasteiger partial charge in [-0.15, -0.1) is 0 Å². The Morgan fingerprint density at radius 1 is 0.941 bits per heavy atom. The Morgan fingerprint density at radius 2 is 1.41 bits per heavy atom. The van der Waals surface area contributed by atoms with Crippen molar-refractivity contribution in [1.29, 1.82) is 0 Å². The zero-order valence-corrected chi connectivity index (χ0v) is 12.1. The average molecular weight is 240 g/mol. The van der Waals surface area contributed by atoms with Crippen LogP contribution < -0.4 is 0 Å². The van der Waals surface area contributed by atoms with Gasteiger partial charge in [0.1, 0.15) is 12.9 Å². The Morgan fingerprint density at radius 3 is 1.82 bits per heavy atom. The molecule has 0 heterocycles. The Balaban J connectivity index is 2.74. The molecule has 0 radical (unpaired) electrons. The minimum Gasteiger partial charge on any atom is -0.368 e. The van der Waals surface area contributed by atoms with Crippen LogP contribution in [0.25, 0.3) is 0 Å². The molecule has 17 heavy (non-hydrogen) atoms. The first-order chi connectivity index (χ1) is 7.68. The first-order valence-corrected chi connectivity index (χ1v) is 6.76. The molecular weight excluding hydrogens is 212 g/mol. The normalized spacial score (nSPS) is 26.9. The summed E-state index contributed by atoms with van der Waals surface area (Å²) in [5.74, 6) is 0. The number of carbonyl (C=O) groups is 1. The quantitative estimate of drug-likeness (QED) is 0.698. The van der Waals surface area contributed by atoms with E-state index in [1.807, 2.05) is 0 Å². The van der Waals surface area contributed by atoms with Crippen LogP contribution in [-0.2, 0) is 9.53 Å². The molecule has 1 aliphatic carbocycles. The second kappa shape index (κ2) is 5.09. The van der Waals surface area contributed by atoms with Crippen molar-refractivity contribution in [2.24, 2.45) is 10.8 Å². The molecule has 100 valence electrons. The van der Waals surface area contributed by atoms with Crippen LogP contribution in [-0.4, -0.2) is 18.5 Å². The van der Waals surface area contributed by atoms with Crippen LogP contribution in [0.15, 0.2) is 0 Å². The summed E-state index contributed by atoms with van der Waals surface area (Å²) in [5.41, 5.74) is 0.626. The zero-order valence-electron chi connectivity index (χ0n) is 12.1. The molecule has 1 aliphatic rings. The summed E-state index contributed by atoms with van der Waals surface area (Å²) in [6.07, 6.45) is 6.59. The molecule has 0 unspecified atom stereocenters. The van der Waals surface area contributed by atoms with Gasteiger partial charge >= 0.3 is 0 Å². The van der Waals surface area contributed by atoms with Crippen LogP contribution in [0.5, 0.6) is 0 Å². The van der Waals surface area contributed by atoms with Crippen molar-refractivity contribution in [3.05, 3.63) is 0 Å². The van der Waals surface area contributed by atoms with Crippen molar-refractivity contribution >= 4 is 6.29 Å². The highest BCUT2D eigenvalue weighted by Crippen LogP contribution is 2.45. The van der Waals surface area contributed by atoms with Crippen LogP contribution in [0.2, 0.25) is 0 Å². The van der Waals surface area contributed by atoms with Crippen LogP contribution >= 0.6 is 0 Å². The van der Waals surface area contributed by atoms with Gasteiger partial charge in [0, 0.05) is 0 Å². The lowest BCUT2D eigenvalue weighted by atomic mass is 9.66. The lowest BCUT2D eigenvalue weighted by Crippen LogP contribution is -2.37. The van der Waals surface area contributed by atoms with Crippen LogP contribution in [0.4, 0.5) is 0 Å². The molecule has 0 saturated heterocycles. The summed E-state index contributed by atoms with van der Waals surface area (Å²) in [6.45, 7) is 11.8. The van der Waals surface area contributed by atoms with Gasteiger partial charge in [0.15, 0.2) is 0 Å². The monoisotopic (exact) mass is 240 g/mol. The maximum atomic E-state index is 10.5. The van der Waals surface area contributed by atoms with Crippen molar-refractivity contribution in [2.45, 2.75) is 72.3 Å². The Labute approximate surface area is 106 Å². The van der Waals surface area contributed by atoms with Crippen LogP contribution in [0.3, 0.4) is 0 Å². The van der Waals surface area contributed by atoms with E-state index >= 15 is 0 Å². The van der Waals surface area contributed by atoms with E-state index < -0.39 is 0 Å². The van der Waals surface area contributed by atoms with Crippen LogP contribution in [0.1, 0.15) is 66.7 Å². The maximum Gasteiger partial charge on any atom is 0.145 e. The van der Waals surface area contributed by atoms with Gasteiger partial charge < -0.3 is 9.53 Å². The molecule has 1 fully saturated rings. The first kappa shape index (κ1) is 14.7. The highest BCUT2D eigenvalue weighted by atomic mass is 16.5. The van der Waals surface area contributed by atoms with Gasteiger partial charge in [0.25, 0.3) is 0 Å². The molecule has 0 spiro atoms. The zero-order chi connectivity index (χ0) is 13.2. The third-order valence-corrected chi connectivity index (χ3v) is 4.12. The SMILES string of the molecule is CC1(C)CCC(C)(OCC=O)CCC(C)(C)C1. The standard InChI is InChI=1S/C15H28O2/c1-13(2)6-8-15(5,17-11-10-16)9-7-14(3,4)12-13/h10H,6-9,11-12H2,1-5H3. The van der Waals surface area contributed by atoms with Crippen molar-refractivity contribution in [1.82, 2.24) is 0 Å². The van der Waals surface area contributed by atoms with E-state index in [1.165, 1.54) is 19.3 Å². The van der Waals surface area contributed by atoms with E-state index in [9.17, 15) is 4.79 Å². The maximum absolute atomic E-state index is 10.5. The lowest BCUT2D eigenvalue weighted by molar-refractivity contribution is -0.121. The largest absolute Gasteiger partial charge is 0.368 e. The number of rotatable bonds is 3. The summed E-state index contributed by atoms with van der Waals surface area (Å²) >= 11 is 0. The van der Waals surface area contributed by atoms with E-state index in [4.69, 9.17) is 4.74 Å². The third kappa shape index (κ3) is 4.79. The molecule has 0 aliphatic heterocycles. The molecule has 1 saturated carbocycles. The molecule has 2 nitrogen and oxygen atoms in total. The smallest absolute Gasteiger partial charge is 0.145 e. The predicted octanol–water partition coefficient (Wildman–Crippen LogP) is 3.98. The molecule has 0 atom stereocenters. The minimum atomic E-state index is -0.115. The highest BCUT2D eigenvalue weighted by molar-refractivity contribution is 5.50. The summed E-state index contributed by atoms with van der Waals surface area (Å²) in [7, 11) is 0. The van der Waals surface area contributed by atoms with E-state index in [0.29, 0.717) is 10.8 Å². The number of hydrogen-bond donors (Lipinski definition) is 0. The third-order valence-electron chi connectivity index (χ3n) is 4.12. The van der Waals surface area contributed by atoms with Gasteiger partial charge in [-0.05, 0) is 49.9 Å². The van der Waals surface area contributed by atoms with E-state index in [1.54, 1.807) is 0 Å². The number of carbonyl (C=O) groups excluding carboxylic acids is 1. The Kier molecular flexibility index (Phi) is 4.40. The number of ether oxygens (including phenoxy) is 1. The van der Waals surface area contributed by atoms with Gasteiger partial charge in [-0.25, -0.2) is 0 Å². The summed E-state index contributed by atoms with van der Waals surface area (Å²) in [5, 5.41) is 0. The first-order valence-electron chi connectivity index (χ1n) is 6.76. The molecule has 0 aromatic rings. The minimum absolute atomic E-state index is 0.115. The molecule has 2 heteroatoms. The van der Waals surface area contributed by atoms with Gasteiger partial charge in [-0.3, -0.25) is 0 Å². The van der Waals surface area contributed by atoms with Crippen molar-refractivity contribution in [3.8, 4) is 0 Å². The van der Waals surface area contributed by atoms with Crippen molar-refractivity contribution in [3.63, 3.8) is 0 Å². The predicted molar refractivity (Wildman–Crippen MR) is 71.1 cm³/mol. The van der Waals surface area contributed by atoms with Gasteiger partial charge in [0.2, 0.25) is 0 Å². The molecule has 1 rings (SSSR count). The number of aldehydes is 1. The Bertz CT molecular complexity index is 248. The van der Waals surface area contributed by atoms with Gasteiger partial charge in [-0.1, -0.05) is 27.7 Å². The van der Waals surface area contributed by atoms with E-state index in [2.05, 4.69) is 34.6 Å². The summed E-state index contributed by atoms with van der Waals surface area (Å²) in [4.78, 5) is 10.5. The van der Waals surface area contributed by atoms with Crippen LogP contribution in [0, 0.1) is 10.8 Å². The second-order valence-electron chi connectivity index (χ2n) is 7.43. The fourth-order valence-electron chi connectivity index (χ4n) is 3.18. The molecule has 0 amide bonds. The molecule has 0 aromatic carbocycles. The van der Waals surface area contributed by atoms with Crippen molar-refractivity contribution < 1.29 is 9.53 Å². The fourth-order valence-corrected chi connectivity index (χ4v) is 3.18.